The van der Waals surface area contributed by atoms with Gasteiger partial charge in [-0.25, -0.2) is 4.39 Å². The molecule has 1 amide bonds. The molecule has 0 saturated carbocycles. The lowest BCUT2D eigenvalue weighted by atomic mass is 10.1. The highest BCUT2D eigenvalue weighted by Gasteiger charge is 2.25. The number of nitrogens with two attached hydrogens (primary N) is 1. The van der Waals surface area contributed by atoms with Gasteiger partial charge in [-0.1, -0.05) is 0 Å². The number of nitro benzene ring substituents is 1. The first kappa shape index (κ1) is 16.8. The Morgan fingerprint density at radius 2 is 2.14 bits per heavy atom. The number of hydrogen-bond acceptors (Lipinski definition) is 5. The first-order valence-electron chi connectivity index (χ1n) is 6.34. The molecule has 0 aliphatic heterocycles. The largest absolute Gasteiger partial charge is 0.392 e. The Hall–Kier alpha value is -2.22. The van der Waals surface area contributed by atoms with Crippen molar-refractivity contribution in [3.8, 4) is 0 Å². The maximum atomic E-state index is 13.7. The highest BCUT2D eigenvalue weighted by molar-refractivity contribution is 6.01. The van der Waals surface area contributed by atoms with Gasteiger partial charge in [-0.15, -0.1) is 0 Å². The van der Waals surface area contributed by atoms with Crippen LogP contribution in [0.15, 0.2) is 12.1 Å². The van der Waals surface area contributed by atoms with Gasteiger partial charge in [-0.05, 0) is 26.8 Å². The molecule has 0 fully saturated rings. The fourth-order valence-electron chi connectivity index (χ4n) is 1.80. The third kappa shape index (κ3) is 4.12. The molecule has 0 aromatic heterocycles. The van der Waals surface area contributed by atoms with Gasteiger partial charge in [-0.3, -0.25) is 14.9 Å². The Kier molecular flexibility index (Phi) is 5.20. The minimum Gasteiger partial charge on any atom is -0.392 e. The molecule has 1 rings (SSSR count). The highest BCUT2D eigenvalue weighted by atomic mass is 19.1. The number of rotatable bonds is 6. The van der Waals surface area contributed by atoms with Crippen molar-refractivity contribution in [3.63, 3.8) is 0 Å². The fraction of sp³-hybridized carbons (Fsp3) is 0.462. The molecule has 0 spiro atoms. The molecular weight excluding hydrogens is 281 g/mol. The van der Waals surface area contributed by atoms with E-state index in [0.29, 0.717) is 6.61 Å². The molecule has 3 N–H and O–H groups in total. The number of nitro groups is 1. The van der Waals surface area contributed by atoms with Crippen LogP contribution in [0.2, 0.25) is 0 Å². The molecular formula is C13H18FN3O4. The Bertz CT molecular complexity index is 561. The van der Waals surface area contributed by atoms with Crippen molar-refractivity contribution < 1.29 is 18.8 Å². The second kappa shape index (κ2) is 6.49. The molecule has 1 aromatic carbocycles. The van der Waals surface area contributed by atoms with E-state index in [1.54, 1.807) is 13.8 Å². The van der Waals surface area contributed by atoms with Crippen molar-refractivity contribution >= 4 is 17.3 Å². The Morgan fingerprint density at radius 3 is 2.67 bits per heavy atom. The van der Waals surface area contributed by atoms with E-state index in [1.165, 1.54) is 0 Å². The van der Waals surface area contributed by atoms with E-state index in [2.05, 4.69) is 5.32 Å². The predicted molar refractivity (Wildman–Crippen MR) is 75.5 cm³/mol. The molecule has 7 nitrogen and oxygen atoms in total. The number of halogens is 1. The summed E-state index contributed by atoms with van der Waals surface area (Å²) in [6.07, 6.45) is 0. The van der Waals surface area contributed by atoms with E-state index in [0.717, 1.165) is 12.1 Å². The smallest absolute Gasteiger partial charge is 0.293 e. The number of nitrogens with zero attached hydrogens (tertiary/aromatic N) is 1. The second-order valence-electron chi connectivity index (χ2n) is 4.99. The van der Waals surface area contributed by atoms with Crippen molar-refractivity contribution in [1.82, 2.24) is 5.32 Å². The van der Waals surface area contributed by atoms with Crippen LogP contribution in [0.25, 0.3) is 0 Å². The van der Waals surface area contributed by atoms with Crippen LogP contribution < -0.4 is 11.1 Å². The van der Waals surface area contributed by atoms with Crippen LogP contribution in [0, 0.1) is 15.9 Å². The summed E-state index contributed by atoms with van der Waals surface area (Å²) in [5.41, 5.74) is 3.33. The summed E-state index contributed by atoms with van der Waals surface area (Å²) in [5, 5.41) is 13.2. The van der Waals surface area contributed by atoms with E-state index in [9.17, 15) is 19.3 Å². The summed E-state index contributed by atoms with van der Waals surface area (Å²) in [6.45, 7) is 5.88. The fourth-order valence-corrected chi connectivity index (χ4v) is 1.80. The standard InChI is InChI=1S/C13H18FN3O4/c1-4-21-13(2,3)7-16-12(18)10-8(14)5-6-9(11(10)15)17(19)20/h5-6H,4,7,15H2,1-3H3,(H,16,18). The molecule has 0 heterocycles. The van der Waals surface area contributed by atoms with Gasteiger partial charge in [0.15, 0.2) is 0 Å². The van der Waals surface area contributed by atoms with Crippen LogP contribution in [-0.2, 0) is 4.74 Å². The molecule has 0 saturated heterocycles. The SMILES string of the molecule is CCOC(C)(C)CNC(=O)c1c(F)ccc([N+](=O)[O-])c1N. The Labute approximate surface area is 121 Å². The molecule has 0 unspecified atom stereocenters. The van der Waals surface area contributed by atoms with E-state index in [-0.39, 0.29) is 6.54 Å². The van der Waals surface area contributed by atoms with Crippen LogP contribution in [0.3, 0.4) is 0 Å². The third-order valence-electron chi connectivity index (χ3n) is 2.81. The van der Waals surface area contributed by atoms with Gasteiger partial charge in [0.05, 0.1) is 10.5 Å². The van der Waals surface area contributed by atoms with Crippen molar-refractivity contribution in [3.05, 3.63) is 33.6 Å². The van der Waals surface area contributed by atoms with Crippen molar-refractivity contribution in [2.45, 2.75) is 26.4 Å². The normalized spacial score (nSPS) is 11.2. The summed E-state index contributed by atoms with van der Waals surface area (Å²) in [7, 11) is 0. The third-order valence-corrected chi connectivity index (χ3v) is 2.81. The quantitative estimate of drug-likeness (QED) is 0.473. The first-order valence-corrected chi connectivity index (χ1v) is 6.34. The summed E-state index contributed by atoms with van der Waals surface area (Å²) in [5.74, 6) is -1.73. The summed E-state index contributed by atoms with van der Waals surface area (Å²) in [6, 6.07) is 1.77. The number of ether oxygens (including phenoxy) is 1. The van der Waals surface area contributed by atoms with Crippen LogP contribution >= 0.6 is 0 Å². The van der Waals surface area contributed by atoms with Crippen molar-refractivity contribution in [1.29, 1.82) is 0 Å². The zero-order valence-electron chi connectivity index (χ0n) is 12.1. The molecule has 8 heteroatoms. The van der Waals surface area contributed by atoms with Gasteiger partial charge in [0, 0.05) is 19.2 Å². The van der Waals surface area contributed by atoms with Gasteiger partial charge < -0.3 is 15.8 Å². The zero-order valence-corrected chi connectivity index (χ0v) is 12.1. The number of amides is 1. The van der Waals surface area contributed by atoms with Gasteiger partial charge in [0.2, 0.25) is 0 Å². The number of hydrogen-bond donors (Lipinski definition) is 2. The molecule has 0 bridgehead atoms. The van der Waals surface area contributed by atoms with Gasteiger partial charge >= 0.3 is 0 Å². The topological polar surface area (TPSA) is 107 Å². The monoisotopic (exact) mass is 299 g/mol. The summed E-state index contributed by atoms with van der Waals surface area (Å²) < 4.78 is 19.1. The van der Waals surface area contributed by atoms with Crippen LogP contribution in [0.5, 0.6) is 0 Å². The van der Waals surface area contributed by atoms with E-state index in [1.807, 2.05) is 6.92 Å². The lowest BCUT2D eigenvalue weighted by Crippen LogP contribution is -2.41. The molecule has 0 radical (unpaired) electrons. The highest BCUT2D eigenvalue weighted by Crippen LogP contribution is 2.27. The van der Waals surface area contributed by atoms with Crippen molar-refractivity contribution in [2.24, 2.45) is 0 Å². The van der Waals surface area contributed by atoms with Gasteiger partial charge in [0.1, 0.15) is 17.1 Å². The molecule has 0 aliphatic rings. The number of carbonyl (C=O) groups is 1. The van der Waals surface area contributed by atoms with Gasteiger partial charge in [-0.2, -0.15) is 0 Å². The lowest BCUT2D eigenvalue weighted by Gasteiger charge is -2.25. The number of benzene rings is 1. The summed E-state index contributed by atoms with van der Waals surface area (Å²) in [4.78, 5) is 22.0. The van der Waals surface area contributed by atoms with E-state index < -0.39 is 39.2 Å². The Balaban J connectivity index is 2.98. The van der Waals surface area contributed by atoms with E-state index >= 15 is 0 Å². The van der Waals surface area contributed by atoms with Crippen molar-refractivity contribution in [2.75, 3.05) is 18.9 Å². The average Bonchev–Trinajstić information content (AvgIpc) is 2.36. The molecule has 21 heavy (non-hydrogen) atoms. The maximum Gasteiger partial charge on any atom is 0.293 e. The number of anilines is 1. The first-order chi connectivity index (χ1) is 9.69. The zero-order chi connectivity index (χ0) is 16.2. The average molecular weight is 299 g/mol. The minimum absolute atomic E-state index is 0.112. The molecule has 0 atom stereocenters. The number of carbonyl (C=O) groups excluding carboxylic acids is 1. The van der Waals surface area contributed by atoms with Crippen LogP contribution in [-0.4, -0.2) is 29.6 Å². The molecule has 1 aromatic rings. The predicted octanol–water partition coefficient (Wildman–Crippen LogP) is 1.86. The Morgan fingerprint density at radius 1 is 1.52 bits per heavy atom. The second-order valence-corrected chi connectivity index (χ2v) is 4.99. The maximum absolute atomic E-state index is 13.7. The number of nitrogens with one attached hydrogen (secondary N) is 1. The molecule has 0 aliphatic carbocycles. The van der Waals surface area contributed by atoms with Crippen LogP contribution in [0.1, 0.15) is 31.1 Å². The van der Waals surface area contributed by atoms with Gasteiger partial charge in [0.25, 0.3) is 11.6 Å². The number of nitrogen functional groups attached to an aromatic ring is 1. The minimum atomic E-state index is -0.912. The lowest BCUT2D eigenvalue weighted by molar-refractivity contribution is -0.384. The van der Waals surface area contributed by atoms with Crippen LogP contribution in [0.4, 0.5) is 15.8 Å². The summed E-state index contributed by atoms with van der Waals surface area (Å²) >= 11 is 0. The van der Waals surface area contributed by atoms with E-state index in [4.69, 9.17) is 10.5 Å². The molecule has 116 valence electrons.